The molecule has 1 aromatic carbocycles. The predicted molar refractivity (Wildman–Crippen MR) is 83.4 cm³/mol. The van der Waals surface area contributed by atoms with Gasteiger partial charge in [-0.3, -0.25) is 4.79 Å². The van der Waals surface area contributed by atoms with Gasteiger partial charge in [0.1, 0.15) is 6.54 Å². The van der Waals surface area contributed by atoms with E-state index in [1.54, 1.807) is 0 Å². The maximum absolute atomic E-state index is 12.2. The van der Waals surface area contributed by atoms with Gasteiger partial charge in [0.15, 0.2) is 5.69 Å². The van der Waals surface area contributed by atoms with Gasteiger partial charge in [-0.05, 0) is 37.0 Å². The van der Waals surface area contributed by atoms with Crippen molar-refractivity contribution in [2.75, 3.05) is 5.32 Å². The summed E-state index contributed by atoms with van der Waals surface area (Å²) in [5.41, 5.74) is 2.40. The van der Waals surface area contributed by atoms with Crippen LogP contribution in [0.25, 0.3) is 0 Å². The monoisotopic (exact) mass is 314 g/mol. The van der Waals surface area contributed by atoms with E-state index in [1.165, 1.54) is 10.2 Å². The summed E-state index contributed by atoms with van der Waals surface area (Å²) in [5.74, 6) is -1.21. The van der Waals surface area contributed by atoms with E-state index >= 15 is 0 Å². The molecule has 1 amide bonds. The molecule has 0 atom stereocenters. The minimum absolute atomic E-state index is 0.0400. The van der Waals surface area contributed by atoms with Gasteiger partial charge in [-0.2, -0.15) is 0 Å². The summed E-state index contributed by atoms with van der Waals surface area (Å²) in [6.45, 7) is 2.03. The number of benzene rings is 1. The highest BCUT2D eigenvalue weighted by Gasteiger charge is 2.34. The summed E-state index contributed by atoms with van der Waals surface area (Å²) in [6.07, 6.45) is 2.76. The fourth-order valence-corrected chi connectivity index (χ4v) is 2.51. The van der Waals surface area contributed by atoms with Crippen LogP contribution in [0.15, 0.2) is 24.3 Å². The first-order valence-corrected chi connectivity index (χ1v) is 7.64. The highest BCUT2D eigenvalue weighted by atomic mass is 16.4. The van der Waals surface area contributed by atoms with Gasteiger partial charge in [0.2, 0.25) is 5.91 Å². The summed E-state index contributed by atoms with van der Waals surface area (Å²) >= 11 is 0. The van der Waals surface area contributed by atoms with Crippen molar-refractivity contribution in [3.05, 3.63) is 41.2 Å². The number of anilines is 1. The number of carboxylic acid groups (broad SMARTS) is 1. The predicted octanol–water partition coefficient (Wildman–Crippen LogP) is 2.05. The third kappa shape index (κ3) is 3.39. The molecule has 0 radical (unpaired) electrons. The second-order valence-electron chi connectivity index (χ2n) is 5.66. The van der Waals surface area contributed by atoms with Crippen molar-refractivity contribution in [2.45, 2.75) is 38.6 Å². The van der Waals surface area contributed by atoms with E-state index in [9.17, 15) is 9.59 Å². The molecule has 1 aromatic heterocycles. The van der Waals surface area contributed by atoms with Gasteiger partial charge in [-0.25, -0.2) is 9.48 Å². The Morgan fingerprint density at radius 2 is 2.00 bits per heavy atom. The summed E-state index contributed by atoms with van der Waals surface area (Å²) in [7, 11) is 0. The molecule has 1 heterocycles. The molecule has 0 unspecified atom stereocenters. The van der Waals surface area contributed by atoms with Crippen molar-refractivity contribution in [1.29, 1.82) is 0 Å². The minimum atomic E-state index is -1.10. The molecule has 2 N–H and O–H groups in total. The van der Waals surface area contributed by atoms with E-state index in [4.69, 9.17) is 5.11 Å². The molecule has 3 rings (SSSR count). The van der Waals surface area contributed by atoms with E-state index in [0.29, 0.717) is 11.4 Å². The molecule has 0 saturated heterocycles. The Labute approximate surface area is 133 Å². The van der Waals surface area contributed by atoms with E-state index in [0.717, 1.165) is 19.3 Å². The maximum Gasteiger partial charge on any atom is 0.358 e. The Balaban J connectivity index is 1.71. The number of aryl methyl sites for hydroxylation is 1. The molecular formula is C16H18N4O3. The number of amides is 1. The second kappa shape index (κ2) is 6.20. The summed E-state index contributed by atoms with van der Waals surface area (Å²) in [5, 5.41) is 19.5. The van der Waals surface area contributed by atoms with E-state index in [2.05, 4.69) is 22.6 Å². The number of hydrogen-bond donors (Lipinski definition) is 2. The van der Waals surface area contributed by atoms with Crippen LogP contribution < -0.4 is 5.32 Å². The molecule has 7 heteroatoms. The van der Waals surface area contributed by atoms with Crippen LogP contribution in [-0.2, 0) is 17.8 Å². The molecule has 1 saturated carbocycles. The van der Waals surface area contributed by atoms with Crippen molar-refractivity contribution >= 4 is 17.6 Å². The lowest BCUT2D eigenvalue weighted by atomic mass is 10.1. The number of nitrogens with one attached hydrogen (secondary N) is 1. The van der Waals surface area contributed by atoms with Crippen LogP contribution in [0, 0.1) is 0 Å². The van der Waals surface area contributed by atoms with Gasteiger partial charge in [-0.15, -0.1) is 5.10 Å². The smallest absolute Gasteiger partial charge is 0.358 e. The van der Waals surface area contributed by atoms with Crippen LogP contribution in [0.5, 0.6) is 0 Å². The second-order valence-corrected chi connectivity index (χ2v) is 5.66. The molecular weight excluding hydrogens is 296 g/mol. The number of aromatic carboxylic acids is 1. The maximum atomic E-state index is 12.2. The van der Waals surface area contributed by atoms with Gasteiger partial charge in [0, 0.05) is 11.6 Å². The first-order valence-electron chi connectivity index (χ1n) is 7.64. The Bertz CT molecular complexity index is 732. The molecule has 120 valence electrons. The minimum Gasteiger partial charge on any atom is -0.476 e. The Morgan fingerprint density at radius 1 is 1.30 bits per heavy atom. The zero-order chi connectivity index (χ0) is 16.4. The van der Waals surface area contributed by atoms with Crippen molar-refractivity contribution in [2.24, 2.45) is 0 Å². The summed E-state index contributed by atoms with van der Waals surface area (Å²) < 4.78 is 1.40. The SMILES string of the molecule is CCc1ccc(NC(=O)Cn2nnc(C(=O)O)c2C2CC2)cc1. The van der Waals surface area contributed by atoms with Crippen molar-refractivity contribution < 1.29 is 14.7 Å². The molecule has 0 spiro atoms. The lowest BCUT2D eigenvalue weighted by Gasteiger charge is -2.08. The van der Waals surface area contributed by atoms with Crippen LogP contribution in [-0.4, -0.2) is 32.0 Å². The number of hydrogen-bond acceptors (Lipinski definition) is 4. The third-order valence-electron chi connectivity index (χ3n) is 3.88. The molecule has 2 aromatic rings. The average molecular weight is 314 g/mol. The van der Waals surface area contributed by atoms with Crippen LogP contribution >= 0.6 is 0 Å². The third-order valence-corrected chi connectivity index (χ3v) is 3.88. The lowest BCUT2D eigenvalue weighted by molar-refractivity contribution is -0.117. The number of carbonyl (C=O) groups is 2. The molecule has 0 aliphatic heterocycles. The zero-order valence-corrected chi connectivity index (χ0v) is 12.8. The van der Waals surface area contributed by atoms with Crippen molar-refractivity contribution in [3.8, 4) is 0 Å². The zero-order valence-electron chi connectivity index (χ0n) is 12.8. The number of carboxylic acids is 1. The normalized spacial score (nSPS) is 13.8. The highest BCUT2D eigenvalue weighted by molar-refractivity contribution is 5.91. The number of aromatic nitrogens is 3. The average Bonchev–Trinajstić information content (AvgIpc) is 3.28. The summed E-state index contributed by atoms with van der Waals surface area (Å²) in [6, 6.07) is 7.62. The van der Waals surface area contributed by atoms with Crippen LogP contribution in [0.1, 0.15) is 47.4 Å². The number of carbonyl (C=O) groups excluding carboxylic acids is 1. The van der Waals surface area contributed by atoms with E-state index < -0.39 is 5.97 Å². The molecule has 0 bridgehead atoms. The van der Waals surface area contributed by atoms with Crippen LogP contribution in [0.4, 0.5) is 5.69 Å². The fourth-order valence-electron chi connectivity index (χ4n) is 2.51. The van der Waals surface area contributed by atoms with E-state index in [1.807, 2.05) is 24.3 Å². The lowest BCUT2D eigenvalue weighted by Crippen LogP contribution is -2.21. The number of rotatable bonds is 6. The van der Waals surface area contributed by atoms with Gasteiger partial charge in [-0.1, -0.05) is 24.3 Å². The summed E-state index contributed by atoms with van der Waals surface area (Å²) in [4.78, 5) is 23.4. The molecule has 1 aliphatic carbocycles. The van der Waals surface area contributed by atoms with Crippen molar-refractivity contribution in [1.82, 2.24) is 15.0 Å². The quantitative estimate of drug-likeness (QED) is 0.850. The van der Waals surface area contributed by atoms with Gasteiger partial charge in [0.05, 0.1) is 5.69 Å². The molecule has 1 aliphatic rings. The fraction of sp³-hybridized carbons (Fsp3) is 0.375. The first-order chi connectivity index (χ1) is 11.1. The van der Waals surface area contributed by atoms with Crippen LogP contribution in [0.2, 0.25) is 0 Å². The standard InChI is InChI=1S/C16H18N4O3/c1-2-10-3-7-12(8-4-10)17-13(21)9-20-15(11-5-6-11)14(16(22)23)18-19-20/h3-4,7-8,11H,2,5-6,9H2,1H3,(H,17,21)(H,22,23). The molecule has 7 nitrogen and oxygen atoms in total. The molecule has 23 heavy (non-hydrogen) atoms. The first kappa shape index (κ1) is 15.2. The van der Waals surface area contributed by atoms with Gasteiger partial charge >= 0.3 is 5.97 Å². The Morgan fingerprint density at radius 3 is 2.57 bits per heavy atom. The Hall–Kier alpha value is -2.70. The highest BCUT2D eigenvalue weighted by Crippen LogP contribution is 2.41. The molecule has 1 fully saturated rings. The van der Waals surface area contributed by atoms with E-state index in [-0.39, 0.29) is 24.1 Å². The van der Waals surface area contributed by atoms with Crippen LogP contribution in [0.3, 0.4) is 0 Å². The Kier molecular flexibility index (Phi) is 4.10. The number of nitrogens with zero attached hydrogens (tertiary/aromatic N) is 3. The largest absolute Gasteiger partial charge is 0.476 e. The van der Waals surface area contributed by atoms with Gasteiger partial charge < -0.3 is 10.4 Å². The topological polar surface area (TPSA) is 97.1 Å². The van der Waals surface area contributed by atoms with Gasteiger partial charge in [0.25, 0.3) is 0 Å². The van der Waals surface area contributed by atoms with Crippen molar-refractivity contribution in [3.63, 3.8) is 0 Å².